The third kappa shape index (κ3) is 6.05. The molecule has 2 N–H and O–H groups in total. The Morgan fingerprint density at radius 1 is 0.923 bits per heavy atom. The molecule has 0 spiro atoms. The van der Waals surface area contributed by atoms with Gasteiger partial charge in [0.15, 0.2) is 12.4 Å². The molecule has 6 nitrogen and oxygen atoms in total. The molecular weight excluding hydrogens is 332 g/mol. The van der Waals surface area contributed by atoms with Gasteiger partial charge in [0.05, 0.1) is 0 Å². The number of hydrogen-bond acceptors (Lipinski definition) is 4. The predicted octanol–water partition coefficient (Wildman–Crippen LogP) is 2.78. The maximum atomic E-state index is 12.3. The summed E-state index contributed by atoms with van der Waals surface area (Å²) >= 11 is 0. The van der Waals surface area contributed by atoms with Crippen LogP contribution in [0.5, 0.6) is 5.75 Å². The first-order valence-electron chi connectivity index (χ1n) is 8.36. The van der Waals surface area contributed by atoms with Crippen LogP contribution < -0.4 is 15.4 Å². The average molecular weight is 354 g/mol. The second kappa shape index (κ2) is 9.36. The van der Waals surface area contributed by atoms with Gasteiger partial charge in [-0.1, -0.05) is 44.2 Å². The average Bonchev–Trinajstić information content (AvgIpc) is 2.65. The van der Waals surface area contributed by atoms with Gasteiger partial charge in [-0.15, -0.1) is 0 Å². The molecule has 0 saturated heterocycles. The Hall–Kier alpha value is -3.15. The zero-order valence-electron chi connectivity index (χ0n) is 14.8. The monoisotopic (exact) mass is 354 g/mol. The highest BCUT2D eigenvalue weighted by molar-refractivity contribution is 6.09. The first kappa shape index (κ1) is 19.2. The second-order valence-corrected chi connectivity index (χ2v) is 6.16. The number of carbonyl (C=O) groups is 3. The van der Waals surface area contributed by atoms with Crippen molar-refractivity contribution >= 4 is 17.7 Å². The summed E-state index contributed by atoms with van der Waals surface area (Å²) in [7, 11) is 0. The van der Waals surface area contributed by atoms with Crippen LogP contribution in [0.25, 0.3) is 0 Å². The van der Waals surface area contributed by atoms with Crippen LogP contribution in [-0.4, -0.2) is 30.9 Å². The van der Waals surface area contributed by atoms with Crippen molar-refractivity contribution in [2.45, 2.75) is 13.8 Å². The van der Waals surface area contributed by atoms with E-state index in [0.29, 0.717) is 29.3 Å². The summed E-state index contributed by atoms with van der Waals surface area (Å²) in [6, 6.07) is 14.9. The molecule has 0 heterocycles. The van der Waals surface area contributed by atoms with Crippen molar-refractivity contribution in [1.82, 2.24) is 10.6 Å². The molecule has 0 atom stereocenters. The number of hydrogen-bond donors (Lipinski definition) is 2. The van der Waals surface area contributed by atoms with E-state index in [1.807, 2.05) is 19.9 Å². The van der Waals surface area contributed by atoms with Crippen LogP contribution >= 0.6 is 0 Å². The Labute approximate surface area is 152 Å². The Kier molecular flexibility index (Phi) is 6.91. The first-order chi connectivity index (χ1) is 12.5. The highest BCUT2D eigenvalue weighted by Crippen LogP contribution is 2.15. The minimum atomic E-state index is -0.546. The fourth-order valence-electron chi connectivity index (χ4n) is 2.11. The lowest BCUT2D eigenvalue weighted by atomic mass is 10.0. The van der Waals surface area contributed by atoms with Crippen molar-refractivity contribution in [1.29, 1.82) is 0 Å². The van der Waals surface area contributed by atoms with Gasteiger partial charge in [0.1, 0.15) is 5.75 Å². The third-order valence-corrected chi connectivity index (χ3v) is 3.45. The molecule has 136 valence electrons. The van der Waals surface area contributed by atoms with Gasteiger partial charge in [-0.3, -0.25) is 14.9 Å². The van der Waals surface area contributed by atoms with Crippen LogP contribution in [-0.2, 0) is 4.79 Å². The zero-order chi connectivity index (χ0) is 18.9. The van der Waals surface area contributed by atoms with Crippen molar-refractivity contribution < 1.29 is 19.1 Å². The molecular formula is C20H22N2O4. The molecule has 0 fully saturated rings. The Balaban J connectivity index is 1.83. The number of benzene rings is 2. The van der Waals surface area contributed by atoms with Gasteiger partial charge in [0.2, 0.25) is 0 Å². The Morgan fingerprint density at radius 3 is 2.15 bits per heavy atom. The minimum absolute atomic E-state index is 0.0864. The van der Waals surface area contributed by atoms with Crippen molar-refractivity contribution in [2.75, 3.05) is 13.2 Å². The number of urea groups is 1. The molecule has 2 aromatic carbocycles. The van der Waals surface area contributed by atoms with E-state index in [1.165, 1.54) is 0 Å². The molecule has 0 saturated carbocycles. The topological polar surface area (TPSA) is 84.5 Å². The van der Waals surface area contributed by atoms with Gasteiger partial charge in [0, 0.05) is 17.7 Å². The highest BCUT2D eigenvalue weighted by Gasteiger charge is 2.10. The van der Waals surface area contributed by atoms with E-state index < -0.39 is 11.9 Å². The minimum Gasteiger partial charge on any atom is -0.484 e. The molecule has 3 amide bonds. The lowest BCUT2D eigenvalue weighted by Gasteiger charge is -2.09. The van der Waals surface area contributed by atoms with Crippen LogP contribution in [0.4, 0.5) is 4.79 Å². The van der Waals surface area contributed by atoms with Crippen LogP contribution in [0.2, 0.25) is 0 Å². The number of ether oxygens (including phenoxy) is 1. The van der Waals surface area contributed by atoms with Crippen molar-refractivity contribution in [3.8, 4) is 5.75 Å². The SMILES string of the molecule is CC(C)CNC(=O)NC(=O)COc1ccc(C(=O)c2ccccc2)cc1. The predicted molar refractivity (Wildman–Crippen MR) is 98.2 cm³/mol. The van der Waals surface area contributed by atoms with Crippen molar-refractivity contribution in [2.24, 2.45) is 5.92 Å². The van der Waals surface area contributed by atoms with Gasteiger partial charge in [-0.2, -0.15) is 0 Å². The summed E-state index contributed by atoms with van der Waals surface area (Å²) in [5.41, 5.74) is 1.13. The molecule has 0 aliphatic heterocycles. The van der Waals surface area contributed by atoms with Crippen LogP contribution in [0, 0.1) is 5.92 Å². The highest BCUT2D eigenvalue weighted by atomic mass is 16.5. The maximum absolute atomic E-state index is 12.3. The van der Waals surface area contributed by atoms with E-state index in [-0.39, 0.29) is 12.4 Å². The molecule has 2 aromatic rings. The Morgan fingerprint density at radius 2 is 1.54 bits per heavy atom. The van der Waals surface area contributed by atoms with Gasteiger partial charge in [-0.05, 0) is 30.2 Å². The molecule has 0 unspecified atom stereocenters. The number of nitrogens with one attached hydrogen (secondary N) is 2. The summed E-state index contributed by atoms with van der Waals surface area (Å²) in [4.78, 5) is 35.5. The zero-order valence-corrected chi connectivity index (χ0v) is 14.8. The quantitative estimate of drug-likeness (QED) is 0.749. The fourth-order valence-corrected chi connectivity index (χ4v) is 2.11. The molecule has 26 heavy (non-hydrogen) atoms. The first-order valence-corrected chi connectivity index (χ1v) is 8.36. The maximum Gasteiger partial charge on any atom is 0.321 e. The van der Waals surface area contributed by atoms with Gasteiger partial charge >= 0.3 is 6.03 Å². The summed E-state index contributed by atoms with van der Waals surface area (Å²) < 4.78 is 5.33. The van der Waals surface area contributed by atoms with Crippen LogP contribution in [0.15, 0.2) is 54.6 Å². The number of imide groups is 1. The Bertz CT molecular complexity index is 755. The summed E-state index contributed by atoms with van der Waals surface area (Å²) in [6.45, 7) is 4.10. The van der Waals surface area contributed by atoms with Crippen molar-refractivity contribution in [3.05, 3.63) is 65.7 Å². The second-order valence-electron chi connectivity index (χ2n) is 6.16. The van der Waals surface area contributed by atoms with Gasteiger partial charge in [0.25, 0.3) is 5.91 Å². The summed E-state index contributed by atoms with van der Waals surface area (Å²) in [6.07, 6.45) is 0. The van der Waals surface area contributed by atoms with Gasteiger partial charge in [-0.25, -0.2) is 4.79 Å². The summed E-state index contributed by atoms with van der Waals surface area (Å²) in [5.74, 6) is 0.101. The molecule has 6 heteroatoms. The summed E-state index contributed by atoms with van der Waals surface area (Å²) in [5, 5.41) is 4.77. The lowest BCUT2D eigenvalue weighted by molar-refractivity contribution is -0.122. The van der Waals surface area contributed by atoms with Gasteiger partial charge < -0.3 is 10.1 Å². The van der Waals surface area contributed by atoms with Crippen molar-refractivity contribution in [3.63, 3.8) is 0 Å². The van der Waals surface area contributed by atoms with E-state index in [0.717, 1.165) is 0 Å². The molecule has 0 bridgehead atoms. The smallest absolute Gasteiger partial charge is 0.321 e. The molecule has 0 aromatic heterocycles. The normalized spacial score (nSPS) is 10.3. The van der Waals surface area contributed by atoms with E-state index >= 15 is 0 Å². The standard InChI is InChI=1S/C20H22N2O4/c1-14(2)12-21-20(25)22-18(23)13-26-17-10-8-16(9-11-17)19(24)15-6-4-3-5-7-15/h3-11,14H,12-13H2,1-2H3,(H2,21,22,23,25). The number of carbonyl (C=O) groups excluding carboxylic acids is 3. The van der Waals surface area contributed by atoms with E-state index in [1.54, 1.807) is 48.5 Å². The number of rotatable bonds is 7. The lowest BCUT2D eigenvalue weighted by Crippen LogP contribution is -2.42. The van der Waals surface area contributed by atoms with Crippen LogP contribution in [0.3, 0.4) is 0 Å². The molecule has 0 aliphatic carbocycles. The van der Waals surface area contributed by atoms with E-state index in [4.69, 9.17) is 4.74 Å². The van der Waals surface area contributed by atoms with E-state index in [9.17, 15) is 14.4 Å². The molecule has 0 aliphatic rings. The number of ketones is 1. The molecule has 2 rings (SSSR count). The van der Waals surface area contributed by atoms with Crippen LogP contribution in [0.1, 0.15) is 29.8 Å². The largest absolute Gasteiger partial charge is 0.484 e. The number of amides is 3. The third-order valence-electron chi connectivity index (χ3n) is 3.45. The molecule has 0 radical (unpaired) electrons. The van der Waals surface area contributed by atoms with E-state index in [2.05, 4.69) is 10.6 Å². The fraction of sp³-hybridized carbons (Fsp3) is 0.250.